The lowest BCUT2D eigenvalue weighted by molar-refractivity contribution is -0.0362. The molecule has 0 saturated carbocycles. The van der Waals surface area contributed by atoms with Gasteiger partial charge in [0.15, 0.2) is 11.5 Å². The highest BCUT2D eigenvalue weighted by atomic mass is 35.5. The zero-order chi connectivity index (χ0) is 18.6. The first kappa shape index (κ1) is 19.0. The Kier molecular flexibility index (Phi) is 6.05. The summed E-state index contributed by atoms with van der Waals surface area (Å²) in [5, 5.41) is 0. The molecule has 0 amide bonds. The van der Waals surface area contributed by atoms with Crippen molar-refractivity contribution in [1.29, 1.82) is 0 Å². The molecule has 5 heteroatoms. The van der Waals surface area contributed by atoms with Gasteiger partial charge in [0.05, 0.1) is 20.8 Å². The van der Waals surface area contributed by atoms with Crippen LogP contribution in [0.5, 0.6) is 11.5 Å². The lowest BCUT2D eigenvalue weighted by atomic mass is 9.77. The fourth-order valence-electron chi connectivity index (χ4n) is 3.69. The van der Waals surface area contributed by atoms with Crippen LogP contribution >= 0.6 is 11.6 Å². The summed E-state index contributed by atoms with van der Waals surface area (Å²) >= 11 is 5.89. The number of unbranched alkanes of at least 4 members (excludes halogenated alkanes) is 1. The molecule has 0 aromatic heterocycles. The maximum absolute atomic E-state index is 13.5. The molecular formula is C21H24ClFO3. The highest BCUT2D eigenvalue weighted by molar-refractivity contribution is 6.17. The number of rotatable bonds is 7. The van der Waals surface area contributed by atoms with Crippen LogP contribution < -0.4 is 9.47 Å². The van der Waals surface area contributed by atoms with E-state index in [1.807, 2.05) is 24.3 Å². The summed E-state index contributed by atoms with van der Waals surface area (Å²) in [6.07, 6.45) is 3.38. The Hall–Kier alpha value is -1.78. The fourth-order valence-corrected chi connectivity index (χ4v) is 3.88. The van der Waals surface area contributed by atoms with Gasteiger partial charge in [-0.05, 0) is 66.6 Å². The van der Waals surface area contributed by atoms with E-state index >= 15 is 0 Å². The Morgan fingerprint density at radius 2 is 1.77 bits per heavy atom. The summed E-state index contributed by atoms with van der Waals surface area (Å²) in [5.74, 6) is 1.73. The standard InChI is InChI=1S/C21H24ClFO3/c1-24-19-13-15-9-12-26-21(10-3-4-11-22,18(15)14-20(19)25-2)16-5-7-17(23)8-6-16/h5-8,13-14H,3-4,9-12H2,1-2H3. The molecular weight excluding hydrogens is 355 g/mol. The monoisotopic (exact) mass is 378 g/mol. The van der Waals surface area contributed by atoms with Crippen LogP contribution in [0.4, 0.5) is 4.39 Å². The van der Waals surface area contributed by atoms with Crippen molar-refractivity contribution in [2.75, 3.05) is 26.7 Å². The van der Waals surface area contributed by atoms with Gasteiger partial charge in [0.2, 0.25) is 0 Å². The predicted molar refractivity (Wildman–Crippen MR) is 101 cm³/mol. The summed E-state index contributed by atoms with van der Waals surface area (Å²) in [6.45, 7) is 0.598. The lowest BCUT2D eigenvalue weighted by Crippen LogP contribution is -2.37. The fraction of sp³-hybridized carbons (Fsp3) is 0.429. The summed E-state index contributed by atoms with van der Waals surface area (Å²) < 4.78 is 30.9. The highest BCUT2D eigenvalue weighted by Crippen LogP contribution is 2.46. The van der Waals surface area contributed by atoms with Crippen molar-refractivity contribution < 1.29 is 18.6 Å². The Morgan fingerprint density at radius 3 is 2.42 bits per heavy atom. The smallest absolute Gasteiger partial charge is 0.161 e. The maximum Gasteiger partial charge on any atom is 0.161 e. The van der Waals surface area contributed by atoms with E-state index in [2.05, 4.69) is 0 Å². The number of hydrogen-bond donors (Lipinski definition) is 0. The molecule has 0 N–H and O–H groups in total. The van der Waals surface area contributed by atoms with Crippen molar-refractivity contribution in [3.05, 3.63) is 58.9 Å². The van der Waals surface area contributed by atoms with Gasteiger partial charge in [0, 0.05) is 5.88 Å². The van der Waals surface area contributed by atoms with Gasteiger partial charge in [-0.15, -0.1) is 11.6 Å². The Labute approximate surface area is 159 Å². The molecule has 0 bridgehead atoms. The minimum Gasteiger partial charge on any atom is -0.493 e. The topological polar surface area (TPSA) is 27.7 Å². The largest absolute Gasteiger partial charge is 0.493 e. The summed E-state index contributed by atoms with van der Waals surface area (Å²) in [5.41, 5.74) is 2.54. The second-order valence-electron chi connectivity index (χ2n) is 6.44. The molecule has 1 heterocycles. The van der Waals surface area contributed by atoms with Crippen LogP contribution in [-0.4, -0.2) is 26.7 Å². The summed E-state index contributed by atoms with van der Waals surface area (Å²) in [4.78, 5) is 0. The van der Waals surface area contributed by atoms with Crippen molar-refractivity contribution >= 4 is 11.6 Å². The number of hydrogen-bond acceptors (Lipinski definition) is 3. The molecule has 26 heavy (non-hydrogen) atoms. The molecule has 3 nitrogen and oxygen atoms in total. The van der Waals surface area contributed by atoms with Crippen LogP contribution in [-0.2, 0) is 16.8 Å². The average Bonchev–Trinajstić information content (AvgIpc) is 2.67. The number of methoxy groups -OCH3 is 2. The van der Waals surface area contributed by atoms with Gasteiger partial charge in [0.1, 0.15) is 11.4 Å². The van der Waals surface area contributed by atoms with Crippen molar-refractivity contribution in [3.8, 4) is 11.5 Å². The van der Waals surface area contributed by atoms with Gasteiger partial charge in [0.25, 0.3) is 0 Å². The summed E-state index contributed by atoms with van der Waals surface area (Å²) in [7, 11) is 3.26. The quantitative estimate of drug-likeness (QED) is 0.497. The normalized spacial score (nSPS) is 19.1. The van der Waals surface area contributed by atoms with E-state index in [0.717, 1.165) is 36.8 Å². The number of benzene rings is 2. The van der Waals surface area contributed by atoms with Crippen LogP contribution in [0, 0.1) is 5.82 Å². The molecule has 0 aliphatic carbocycles. The number of fused-ring (bicyclic) bond motifs is 1. The first-order valence-corrected chi connectivity index (χ1v) is 9.39. The molecule has 1 unspecified atom stereocenters. The molecule has 0 fully saturated rings. The zero-order valence-electron chi connectivity index (χ0n) is 15.2. The van der Waals surface area contributed by atoms with Gasteiger partial charge >= 0.3 is 0 Å². The van der Waals surface area contributed by atoms with E-state index in [-0.39, 0.29) is 5.82 Å². The maximum atomic E-state index is 13.5. The molecule has 0 spiro atoms. The van der Waals surface area contributed by atoms with Crippen LogP contribution in [0.25, 0.3) is 0 Å². The van der Waals surface area contributed by atoms with Crippen LogP contribution in [0.15, 0.2) is 36.4 Å². The number of ether oxygens (including phenoxy) is 3. The van der Waals surface area contributed by atoms with Gasteiger partial charge in [-0.25, -0.2) is 4.39 Å². The van der Waals surface area contributed by atoms with E-state index in [1.165, 1.54) is 17.7 Å². The molecule has 2 aromatic carbocycles. The number of alkyl halides is 1. The molecule has 2 aromatic rings. The molecule has 140 valence electrons. The highest BCUT2D eigenvalue weighted by Gasteiger charge is 2.40. The molecule has 1 aliphatic rings. The van der Waals surface area contributed by atoms with Gasteiger partial charge in [-0.2, -0.15) is 0 Å². The summed E-state index contributed by atoms with van der Waals surface area (Å²) in [6, 6.07) is 10.6. The van der Waals surface area contributed by atoms with Crippen molar-refractivity contribution in [3.63, 3.8) is 0 Å². The molecule has 0 radical (unpaired) electrons. The van der Waals surface area contributed by atoms with Gasteiger partial charge in [-0.3, -0.25) is 0 Å². The SMILES string of the molecule is COc1cc2c(cc1OC)C(CCCCCl)(c1ccc(F)cc1)OCC2. The lowest BCUT2D eigenvalue weighted by Gasteiger charge is -2.40. The van der Waals surface area contributed by atoms with E-state index in [4.69, 9.17) is 25.8 Å². The van der Waals surface area contributed by atoms with Gasteiger partial charge in [-0.1, -0.05) is 12.1 Å². The predicted octanol–water partition coefficient (Wildman–Crippen LogP) is 5.07. The Morgan fingerprint density at radius 1 is 1.08 bits per heavy atom. The van der Waals surface area contributed by atoms with Crippen molar-refractivity contribution in [1.82, 2.24) is 0 Å². The van der Waals surface area contributed by atoms with Crippen LogP contribution in [0.1, 0.15) is 36.0 Å². The Bertz CT molecular complexity index is 748. The third-order valence-corrected chi connectivity index (χ3v) is 5.25. The molecule has 0 saturated heterocycles. The molecule has 1 atom stereocenters. The van der Waals surface area contributed by atoms with E-state index in [1.54, 1.807) is 14.2 Å². The van der Waals surface area contributed by atoms with E-state index < -0.39 is 5.60 Å². The van der Waals surface area contributed by atoms with E-state index in [9.17, 15) is 4.39 Å². The minimum absolute atomic E-state index is 0.256. The number of halogens is 2. The van der Waals surface area contributed by atoms with Gasteiger partial charge < -0.3 is 14.2 Å². The second-order valence-corrected chi connectivity index (χ2v) is 6.82. The van der Waals surface area contributed by atoms with Crippen molar-refractivity contribution in [2.24, 2.45) is 0 Å². The molecule has 3 rings (SSSR count). The van der Waals surface area contributed by atoms with E-state index in [0.29, 0.717) is 24.0 Å². The first-order chi connectivity index (χ1) is 12.6. The third-order valence-electron chi connectivity index (χ3n) is 4.99. The Balaban J connectivity index is 2.14. The molecule has 1 aliphatic heterocycles. The average molecular weight is 379 g/mol. The van der Waals surface area contributed by atoms with Crippen LogP contribution in [0.2, 0.25) is 0 Å². The first-order valence-electron chi connectivity index (χ1n) is 8.86. The zero-order valence-corrected chi connectivity index (χ0v) is 15.9. The van der Waals surface area contributed by atoms with Crippen molar-refractivity contribution in [2.45, 2.75) is 31.3 Å². The second kappa shape index (κ2) is 8.28. The van der Waals surface area contributed by atoms with Crippen LogP contribution in [0.3, 0.4) is 0 Å². The minimum atomic E-state index is -0.632. The third kappa shape index (κ3) is 3.53.